The second-order valence-corrected chi connectivity index (χ2v) is 5.01. The number of carbonyl (C=O) groups is 1. The predicted octanol–water partition coefficient (Wildman–Crippen LogP) is 0.303. The molecule has 4 nitrogen and oxygen atoms in total. The van der Waals surface area contributed by atoms with E-state index in [1.807, 2.05) is 55.5 Å². The Morgan fingerprint density at radius 2 is 1.61 bits per heavy atom. The van der Waals surface area contributed by atoms with Crippen LogP contribution in [0.25, 0.3) is 0 Å². The lowest BCUT2D eigenvalue weighted by molar-refractivity contribution is -0.0000136. The molecule has 0 bridgehead atoms. The van der Waals surface area contributed by atoms with Gasteiger partial charge in [0.05, 0.1) is 5.69 Å². The largest absolute Gasteiger partial charge is 1.00 e. The average molecular weight is 326 g/mol. The van der Waals surface area contributed by atoms with Gasteiger partial charge in [-0.15, -0.1) is 5.10 Å². The van der Waals surface area contributed by atoms with Crippen LogP contribution in [0.5, 0.6) is 0 Å². The van der Waals surface area contributed by atoms with E-state index in [2.05, 4.69) is 11.2 Å². The SMILES string of the molecule is CC1=NN(c2ccccc2)C(N(C)C(=O)c2ccccc2)=[C+]1.[Cl-]. The molecule has 116 valence electrons. The highest BCUT2D eigenvalue weighted by atomic mass is 35.5. The molecule has 3 rings (SSSR count). The molecule has 1 aliphatic rings. The van der Waals surface area contributed by atoms with E-state index in [9.17, 15) is 4.79 Å². The molecule has 0 saturated heterocycles. The number of halogens is 1. The Labute approximate surface area is 142 Å². The topological polar surface area (TPSA) is 35.9 Å². The number of rotatable bonds is 3. The highest BCUT2D eigenvalue weighted by Crippen LogP contribution is 2.25. The molecular formula is C18H16ClN3O. The first-order valence-corrected chi connectivity index (χ1v) is 7.04. The van der Waals surface area contributed by atoms with E-state index in [-0.39, 0.29) is 18.3 Å². The lowest BCUT2D eigenvalue weighted by Crippen LogP contribution is -3.00. The van der Waals surface area contributed by atoms with Crippen molar-refractivity contribution in [2.24, 2.45) is 5.10 Å². The first-order valence-electron chi connectivity index (χ1n) is 7.04. The maximum absolute atomic E-state index is 12.6. The molecule has 1 aliphatic heterocycles. The van der Waals surface area contributed by atoms with Gasteiger partial charge in [0.1, 0.15) is 0 Å². The van der Waals surface area contributed by atoms with Crippen molar-refractivity contribution in [2.45, 2.75) is 6.92 Å². The molecular weight excluding hydrogens is 310 g/mol. The Kier molecular flexibility index (Phi) is 5.12. The minimum atomic E-state index is -0.0890. The monoisotopic (exact) mass is 325 g/mol. The van der Waals surface area contributed by atoms with Gasteiger partial charge in [-0.05, 0) is 24.3 Å². The highest BCUT2D eigenvalue weighted by Gasteiger charge is 2.37. The van der Waals surface area contributed by atoms with Crippen molar-refractivity contribution in [3.8, 4) is 0 Å². The number of allylic oxidation sites excluding steroid dienone is 1. The Bertz CT molecular complexity index is 741. The van der Waals surface area contributed by atoms with E-state index in [4.69, 9.17) is 0 Å². The van der Waals surface area contributed by atoms with Crippen LogP contribution in [0.2, 0.25) is 0 Å². The summed E-state index contributed by atoms with van der Waals surface area (Å²) >= 11 is 0. The van der Waals surface area contributed by atoms with E-state index in [1.54, 1.807) is 29.1 Å². The molecule has 5 heteroatoms. The van der Waals surface area contributed by atoms with Crippen molar-refractivity contribution in [2.75, 3.05) is 12.1 Å². The zero-order valence-electron chi connectivity index (χ0n) is 12.9. The third-order valence-electron chi connectivity index (χ3n) is 3.39. The lowest BCUT2D eigenvalue weighted by Gasteiger charge is -2.19. The fraction of sp³-hybridized carbons (Fsp3) is 0.111. The maximum Gasteiger partial charge on any atom is 0.395 e. The first kappa shape index (κ1) is 16.7. The van der Waals surface area contributed by atoms with Crippen molar-refractivity contribution < 1.29 is 17.2 Å². The summed E-state index contributed by atoms with van der Waals surface area (Å²) in [5, 5.41) is 6.18. The van der Waals surface area contributed by atoms with E-state index in [0.29, 0.717) is 11.4 Å². The summed E-state index contributed by atoms with van der Waals surface area (Å²) in [7, 11) is 1.74. The average Bonchev–Trinajstić information content (AvgIpc) is 2.97. The van der Waals surface area contributed by atoms with Crippen LogP contribution in [0.1, 0.15) is 17.3 Å². The molecule has 0 aliphatic carbocycles. The molecule has 0 radical (unpaired) electrons. The summed E-state index contributed by atoms with van der Waals surface area (Å²) in [5.74, 6) is 0.534. The standard InChI is InChI=1S/C18H16N3O.ClH/c1-14-13-17(21(19-14)16-11-7-4-8-12-16)20(2)18(22)15-9-5-3-6-10-15;/h3-12H,1-2H3;1H/q+1;/p-1. The minimum Gasteiger partial charge on any atom is -1.00 e. The molecule has 0 fully saturated rings. The number of benzene rings is 2. The van der Waals surface area contributed by atoms with Gasteiger partial charge in [-0.2, -0.15) is 5.01 Å². The molecule has 2 aromatic rings. The number of nitrogens with zero attached hydrogens (tertiary/aromatic N) is 3. The molecule has 0 atom stereocenters. The normalized spacial score (nSPS) is 12.7. The minimum absolute atomic E-state index is 0. The van der Waals surface area contributed by atoms with E-state index in [0.717, 1.165) is 11.4 Å². The van der Waals surface area contributed by atoms with E-state index >= 15 is 0 Å². The number of para-hydroxylation sites is 1. The summed E-state index contributed by atoms with van der Waals surface area (Å²) in [5.41, 5.74) is 2.28. The van der Waals surface area contributed by atoms with Crippen LogP contribution in [0.4, 0.5) is 5.69 Å². The summed E-state index contributed by atoms with van der Waals surface area (Å²) in [6, 6.07) is 18.9. The molecule has 2 aromatic carbocycles. The third kappa shape index (κ3) is 3.39. The van der Waals surface area contributed by atoms with Crippen LogP contribution < -0.4 is 17.4 Å². The van der Waals surface area contributed by atoms with Crippen molar-refractivity contribution in [3.05, 3.63) is 78.1 Å². The lowest BCUT2D eigenvalue weighted by atomic mass is 10.2. The molecule has 0 spiro atoms. The van der Waals surface area contributed by atoms with Crippen LogP contribution >= 0.6 is 0 Å². The second-order valence-electron chi connectivity index (χ2n) is 5.01. The van der Waals surface area contributed by atoms with Gasteiger partial charge in [0.15, 0.2) is 0 Å². The van der Waals surface area contributed by atoms with Crippen LogP contribution in [-0.4, -0.2) is 23.6 Å². The first-order chi connectivity index (χ1) is 10.7. The van der Waals surface area contributed by atoms with Crippen LogP contribution in [0, 0.1) is 6.08 Å². The van der Waals surface area contributed by atoms with Crippen LogP contribution in [0.15, 0.2) is 71.6 Å². The Balaban J connectivity index is 0.00000192. The predicted molar refractivity (Wildman–Crippen MR) is 87.3 cm³/mol. The number of carbonyl (C=O) groups excluding carboxylic acids is 1. The zero-order valence-corrected chi connectivity index (χ0v) is 13.7. The number of hydrogen-bond donors (Lipinski definition) is 0. The van der Waals surface area contributed by atoms with Crippen LogP contribution in [-0.2, 0) is 0 Å². The molecule has 1 amide bonds. The van der Waals surface area contributed by atoms with E-state index < -0.39 is 0 Å². The summed E-state index contributed by atoms with van der Waals surface area (Å²) in [6.07, 6.45) is 3.15. The molecule has 0 N–H and O–H groups in total. The molecule has 23 heavy (non-hydrogen) atoms. The van der Waals surface area contributed by atoms with Gasteiger partial charge in [0.25, 0.3) is 5.91 Å². The molecule has 1 heterocycles. The van der Waals surface area contributed by atoms with Crippen molar-refractivity contribution in [1.82, 2.24) is 4.90 Å². The van der Waals surface area contributed by atoms with Gasteiger partial charge < -0.3 is 12.4 Å². The fourth-order valence-electron chi connectivity index (χ4n) is 2.28. The van der Waals surface area contributed by atoms with Gasteiger partial charge in [-0.1, -0.05) is 36.4 Å². The Morgan fingerprint density at radius 3 is 2.22 bits per heavy atom. The van der Waals surface area contributed by atoms with Gasteiger partial charge in [0.2, 0.25) is 0 Å². The van der Waals surface area contributed by atoms with E-state index in [1.165, 1.54) is 0 Å². The Morgan fingerprint density at radius 1 is 1.04 bits per heavy atom. The number of amides is 1. The molecule has 0 unspecified atom stereocenters. The van der Waals surface area contributed by atoms with Crippen LogP contribution in [0.3, 0.4) is 0 Å². The van der Waals surface area contributed by atoms with Crippen molar-refractivity contribution >= 4 is 17.3 Å². The van der Waals surface area contributed by atoms with Gasteiger partial charge in [0, 0.05) is 19.5 Å². The maximum atomic E-state index is 12.6. The van der Waals surface area contributed by atoms with Gasteiger partial charge in [-0.25, -0.2) is 4.90 Å². The fourth-order valence-corrected chi connectivity index (χ4v) is 2.28. The van der Waals surface area contributed by atoms with Crippen molar-refractivity contribution in [1.29, 1.82) is 0 Å². The Hall–Kier alpha value is -2.68. The summed E-state index contributed by atoms with van der Waals surface area (Å²) in [4.78, 5) is 14.2. The summed E-state index contributed by atoms with van der Waals surface area (Å²) < 4.78 is 0. The second kappa shape index (κ2) is 7.05. The zero-order chi connectivity index (χ0) is 15.5. The summed E-state index contributed by atoms with van der Waals surface area (Å²) in [6.45, 7) is 1.86. The quantitative estimate of drug-likeness (QED) is 0.761. The highest BCUT2D eigenvalue weighted by molar-refractivity contribution is 5.98. The number of hydrogen-bond acceptors (Lipinski definition) is 3. The number of hydrazone groups is 1. The number of anilines is 1. The molecule has 0 aromatic heterocycles. The van der Waals surface area contributed by atoms with Gasteiger partial charge in [-0.3, -0.25) is 4.79 Å². The molecule has 0 saturated carbocycles. The smallest absolute Gasteiger partial charge is 0.395 e. The third-order valence-corrected chi connectivity index (χ3v) is 3.39. The van der Waals surface area contributed by atoms with Gasteiger partial charge >= 0.3 is 17.6 Å². The van der Waals surface area contributed by atoms with Crippen molar-refractivity contribution in [3.63, 3.8) is 0 Å².